The highest BCUT2D eigenvalue weighted by atomic mass is 32.2. The Labute approximate surface area is 130 Å². The van der Waals surface area contributed by atoms with E-state index >= 15 is 0 Å². The zero-order chi connectivity index (χ0) is 14.9. The van der Waals surface area contributed by atoms with Crippen molar-refractivity contribution in [3.63, 3.8) is 0 Å². The number of thioether (sulfide) groups is 1. The first kappa shape index (κ1) is 14.7. The fourth-order valence-electron chi connectivity index (χ4n) is 3.13. The molecule has 2 aliphatic heterocycles. The molecule has 0 spiro atoms. The van der Waals surface area contributed by atoms with Crippen molar-refractivity contribution < 1.29 is 9.53 Å². The maximum atomic E-state index is 12.2. The van der Waals surface area contributed by atoms with Crippen molar-refractivity contribution in [2.45, 2.75) is 30.7 Å². The zero-order valence-electron chi connectivity index (χ0n) is 12.6. The Balaban J connectivity index is 1.78. The maximum Gasteiger partial charge on any atom is 0.238 e. The van der Waals surface area contributed by atoms with Gasteiger partial charge in [0.1, 0.15) is 11.9 Å². The molecule has 0 bridgehead atoms. The van der Waals surface area contributed by atoms with Crippen LogP contribution in [0.25, 0.3) is 0 Å². The van der Waals surface area contributed by atoms with E-state index in [0.717, 1.165) is 17.9 Å². The number of amides is 1. The van der Waals surface area contributed by atoms with Crippen LogP contribution in [0.4, 0.5) is 0 Å². The predicted molar refractivity (Wildman–Crippen MR) is 85.5 cm³/mol. The molecule has 4 nitrogen and oxygen atoms in total. The van der Waals surface area contributed by atoms with E-state index in [2.05, 4.69) is 12.2 Å². The Bertz CT molecular complexity index is 512. The van der Waals surface area contributed by atoms with Crippen LogP contribution in [0.5, 0.6) is 5.75 Å². The summed E-state index contributed by atoms with van der Waals surface area (Å²) in [5, 5.41) is 3.33. The van der Waals surface area contributed by atoms with Gasteiger partial charge in [0.2, 0.25) is 5.91 Å². The van der Waals surface area contributed by atoms with E-state index in [1.165, 1.54) is 18.6 Å². The van der Waals surface area contributed by atoms with Gasteiger partial charge in [-0.15, -0.1) is 0 Å². The summed E-state index contributed by atoms with van der Waals surface area (Å²) in [7, 11) is 1.66. The van der Waals surface area contributed by atoms with E-state index < -0.39 is 0 Å². The normalized spacial score (nSPS) is 29.1. The summed E-state index contributed by atoms with van der Waals surface area (Å²) in [6, 6.07) is 7.96. The average Bonchev–Trinajstić information content (AvgIpc) is 3.07. The molecule has 1 aromatic rings. The third-order valence-corrected chi connectivity index (χ3v) is 5.84. The molecule has 2 saturated heterocycles. The van der Waals surface area contributed by atoms with Gasteiger partial charge in [-0.3, -0.25) is 10.1 Å². The Morgan fingerprint density at radius 1 is 1.43 bits per heavy atom. The Hall–Kier alpha value is -1.20. The summed E-state index contributed by atoms with van der Waals surface area (Å²) in [4.78, 5) is 14.2. The summed E-state index contributed by atoms with van der Waals surface area (Å²) >= 11 is 2.00. The fourth-order valence-corrected chi connectivity index (χ4v) is 4.43. The molecule has 2 heterocycles. The van der Waals surface area contributed by atoms with Crippen molar-refractivity contribution in [2.24, 2.45) is 0 Å². The van der Waals surface area contributed by atoms with Gasteiger partial charge in [-0.05, 0) is 43.2 Å². The van der Waals surface area contributed by atoms with Gasteiger partial charge < -0.3 is 9.64 Å². The molecular formula is C16H22N2O2S. The van der Waals surface area contributed by atoms with Crippen LogP contribution >= 0.6 is 11.8 Å². The average molecular weight is 306 g/mol. The molecule has 114 valence electrons. The maximum absolute atomic E-state index is 12.2. The van der Waals surface area contributed by atoms with Crippen LogP contribution in [0.2, 0.25) is 0 Å². The minimum absolute atomic E-state index is 0.0126. The van der Waals surface area contributed by atoms with E-state index in [1.54, 1.807) is 7.11 Å². The number of carbonyl (C=O) groups excluding carboxylic acids is 1. The van der Waals surface area contributed by atoms with E-state index in [1.807, 2.05) is 40.9 Å². The minimum Gasteiger partial charge on any atom is -0.497 e. The predicted octanol–water partition coefficient (Wildman–Crippen LogP) is 2.41. The van der Waals surface area contributed by atoms with Crippen LogP contribution in [0.15, 0.2) is 24.3 Å². The standard InChI is InChI=1S/C16H22N2O2S/c1-16(8-3-9-21-16)11-18-14(19)10-17-15(18)12-4-6-13(20-2)7-5-12/h4-7,15,17H,3,8-11H2,1-2H3. The number of carbonyl (C=O) groups is 1. The zero-order valence-corrected chi connectivity index (χ0v) is 13.4. The second-order valence-electron chi connectivity index (χ2n) is 5.98. The fraction of sp³-hybridized carbons (Fsp3) is 0.562. The molecule has 2 aliphatic rings. The van der Waals surface area contributed by atoms with Crippen molar-refractivity contribution in [1.29, 1.82) is 0 Å². The van der Waals surface area contributed by atoms with Crippen LogP contribution in [0.3, 0.4) is 0 Å². The largest absolute Gasteiger partial charge is 0.497 e. The van der Waals surface area contributed by atoms with Gasteiger partial charge in [-0.1, -0.05) is 12.1 Å². The van der Waals surface area contributed by atoms with Crippen LogP contribution in [-0.4, -0.2) is 41.5 Å². The molecule has 5 heteroatoms. The summed E-state index contributed by atoms with van der Waals surface area (Å²) in [5.74, 6) is 2.25. The van der Waals surface area contributed by atoms with Gasteiger partial charge in [-0.25, -0.2) is 0 Å². The summed E-state index contributed by atoms with van der Waals surface area (Å²) in [6.45, 7) is 3.53. The minimum atomic E-state index is -0.0126. The molecule has 0 radical (unpaired) electrons. The molecule has 1 aromatic carbocycles. The first-order valence-electron chi connectivity index (χ1n) is 7.42. The van der Waals surface area contributed by atoms with Gasteiger partial charge in [0, 0.05) is 11.3 Å². The lowest BCUT2D eigenvalue weighted by Crippen LogP contribution is -2.40. The number of hydrogen-bond acceptors (Lipinski definition) is 4. The van der Waals surface area contributed by atoms with Gasteiger partial charge in [0.05, 0.1) is 13.7 Å². The monoisotopic (exact) mass is 306 g/mol. The molecule has 0 aliphatic carbocycles. The van der Waals surface area contributed by atoms with Crippen LogP contribution < -0.4 is 10.1 Å². The molecule has 3 rings (SSSR count). The van der Waals surface area contributed by atoms with Gasteiger partial charge in [0.25, 0.3) is 0 Å². The highest BCUT2D eigenvalue weighted by molar-refractivity contribution is 8.00. The molecular weight excluding hydrogens is 284 g/mol. The number of hydrogen-bond donors (Lipinski definition) is 1. The molecule has 2 atom stereocenters. The molecule has 0 aromatic heterocycles. The van der Waals surface area contributed by atoms with Crippen molar-refractivity contribution in [3.8, 4) is 5.75 Å². The number of methoxy groups -OCH3 is 1. The lowest BCUT2D eigenvalue weighted by molar-refractivity contribution is -0.128. The van der Waals surface area contributed by atoms with Gasteiger partial charge in [-0.2, -0.15) is 11.8 Å². The van der Waals surface area contributed by atoms with Gasteiger partial charge in [0.15, 0.2) is 0 Å². The topological polar surface area (TPSA) is 41.6 Å². The number of rotatable bonds is 4. The molecule has 21 heavy (non-hydrogen) atoms. The van der Waals surface area contributed by atoms with E-state index in [4.69, 9.17) is 4.74 Å². The highest BCUT2D eigenvalue weighted by Gasteiger charge is 2.39. The summed E-state index contributed by atoms with van der Waals surface area (Å²) < 4.78 is 5.40. The smallest absolute Gasteiger partial charge is 0.238 e. The van der Waals surface area contributed by atoms with E-state index in [-0.39, 0.29) is 16.8 Å². The molecule has 1 amide bonds. The molecule has 2 unspecified atom stereocenters. The summed E-state index contributed by atoms with van der Waals surface area (Å²) in [6.07, 6.45) is 2.43. The van der Waals surface area contributed by atoms with Crippen molar-refractivity contribution >= 4 is 17.7 Å². The van der Waals surface area contributed by atoms with E-state index in [0.29, 0.717) is 6.54 Å². The Morgan fingerprint density at radius 3 is 2.81 bits per heavy atom. The quantitative estimate of drug-likeness (QED) is 0.927. The van der Waals surface area contributed by atoms with E-state index in [9.17, 15) is 4.79 Å². The Morgan fingerprint density at radius 2 is 2.19 bits per heavy atom. The third kappa shape index (κ3) is 3.04. The first-order chi connectivity index (χ1) is 10.1. The van der Waals surface area contributed by atoms with Crippen molar-refractivity contribution in [1.82, 2.24) is 10.2 Å². The van der Waals surface area contributed by atoms with Crippen LogP contribution in [-0.2, 0) is 4.79 Å². The number of nitrogens with zero attached hydrogens (tertiary/aromatic N) is 1. The molecule has 1 N–H and O–H groups in total. The second-order valence-corrected chi connectivity index (χ2v) is 7.66. The molecule has 0 saturated carbocycles. The third-order valence-electron chi connectivity index (χ3n) is 4.32. The highest BCUT2D eigenvalue weighted by Crippen LogP contribution is 2.40. The van der Waals surface area contributed by atoms with Crippen molar-refractivity contribution in [3.05, 3.63) is 29.8 Å². The number of benzene rings is 1. The van der Waals surface area contributed by atoms with Crippen LogP contribution in [0, 0.1) is 0 Å². The lowest BCUT2D eigenvalue weighted by Gasteiger charge is -2.33. The lowest BCUT2D eigenvalue weighted by atomic mass is 10.0. The van der Waals surface area contributed by atoms with Crippen molar-refractivity contribution in [2.75, 3.05) is 26.0 Å². The SMILES string of the molecule is COc1ccc(C2NCC(=O)N2CC2(C)CCCS2)cc1. The summed E-state index contributed by atoms with van der Waals surface area (Å²) in [5.41, 5.74) is 1.12. The molecule has 2 fully saturated rings. The van der Waals surface area contributed by atoms with Crippen LogP contribution in [0.1, 0.15) is 31.5 Å². The Kier molecular flexibility index (Phi) is 4.13. The second kappa shape index (κ2) is 5.89. The van der Waals surface area contributed by atoms with Gasteiger partial charge >= 0.3 is 0 Å². The first-order valence-corrected chi connectivity index (χ1v) is 8.41. The number of nitrogens with one attached hydrogen (secondary N) is 1. The number of ether oxygens (including phenoxy) is 1.